The number of halogens is 8. The molecule has 0 fully saturated rings. The Balaban J connectivity index is 0.00000372. The molecule has 0 atom stereocenters. The summed E-state index contributed by atoms with van der Waals surface area (Å²) in [6.45, 7) is 26.6. The predicted molar refractivity (Wildman–Crippen MR) is 216 cm³/mol. The second kappa shape index (κ2) is 16.3. The third kappa shape index (κ3) is 9.43. The standard InChI is InChI=1S/C29H41.C15H8F6.C5H5.2ClH.Zr/c1-26(2,3)22-14-18-13-19-15-23(27(4,5)6)25(29(10,11)12)17-21(19)20(18)16-24(22)28(7,8)9;16-14(17,18)12-5-1-3-10(8-12)7-11-4-2-6-13(9-11)15(19,20)21;1-2-4-5-3-1;;;/h13-17H,1-12H3;1-6,8-9H;1-3H,4H2;2*1H;/q;;;;;+2/p-2. The van der Waals surface area contributed by atoms with Gasteiger partial charge in [-0.05, 0) is 0 Å². The first-order chi connectivity index (χ1) is 25.6. The molecule has 6 rings (SSSR count). The van der Waals surface area contributed by atoms with Crippen molar-refractivity contribution in [3.05, 3.63) is 150 Å². The van der Waals surface area contributed by atoms with Crippen molar-refractivity contribution in [2.75, 3.05) is 0 Å². The van der Waals surface area contributed by atoms with Crippen LogP contribution in [0.4, 0.5) is 26.3 Å². The number of fused-ring (bicyclic) bond motifs is 3. The number of benzene rings is 4. The average molecular weight is 919 g/mol. The van der Waals surface area contributed by atoms with E-state index < -0.39 is 44.7 Å². The van der Waals surface area contributed by atoms with Gasteiger partial charge in [0.05, 0.1) is 0 Å². The van der Waals surface area contributed by atoms with Gasteiger partial charge in [-0.3, -0.25) is 0 Å². The predicted octanol–water partition coefficient (Wildman–Crippen LogP) is 8.72. The van der Waals surface area contributed by atoms with Crippen molar-refractivity contribution in [3.8, 4) is 11.1 Å². The normalized spacial score (nSPS) is 14.5. The Morgan fingerprint density at radius 1 is 0.517 bits per heavy atom. The fourth-order valence-corrected chi connectivity index (χ4v) is 17.4. The van der Waals surface area contributed by atoms with Gasteiger partial charge in [0.2, 0.25) is 0 Å². The third-order valence-corrected chi connectivity index (χ3v) is 19.5. The Morgan fingerprint density at radius 3 is 1.19 bits per heavy atom. The summed E-state index contributed by atoms with van der Waals surface area (Å²) in [6, 6.07) is 19.9. The Kier molecular flexibility index (Phi) is 13.5. The molecule has 0 unspecified atom stereocenters. The number of allylic oxidation sites excluding steroid dienone is 4. The van der Waals surface area contributed by atoms with Crippen molar-refractivity contribution in [1.82, 2.24) is 0 Å². The van der Waals surface area contributed by atoms with E-state index in [0.717, 1.165) is 49.8 Å². The van der Waals surface area contributed by atoms with Crippen LogP contribution in [0.15, 0.2) is 94.3 Å². The molecule has 0 radical (unpaired) electrons. The summed E-state index contributed by atoms with van der Waals surface area (Å²) in [6.07, 6.45) is -2.50. The maximum atomic E-state index is 14.5. The summed E-state index contributed by atoms with van der Waals surface area (Å²) in [4.78, 5) is 0. The van der Waals surface area contributed by atoms with Crippen LogP contribution in [0.1, 0.15) is 149 Å². The van der Waals surface area contributed by atoms with Crippen LogP contribution >= 0.6 is 0 Å². The Morgan fingerprint density at radius 2 is 0.879 bits per heavy atom. The molecule has 310 valence electrons. The zero-order valence-electron chi connectivity index (χ0n) is 35.5. The van der Waals surface area contributed by atoms with E-state index >= 15 is 0 Å². The van der Waals surface area contributed by atoms with Crippen LogP contribution in [0.2, 0.25) is 0 Å². The third-order valence-electron chi connectivity index (χ3n) is 11.2. The van der Waals surface area contributed by atoms with Crippen LogP contribution in [0.3, 0.4) is 0 Å². The molecule has 2 aliphatic carbocycles. The summed E-state index contributed by atoms with van der Waals surface area (Å²) in [5.41, 5.74) is 7.53. The van der Waals surface area contributed by atoms with Gasteiger partial charge in [-0.2, -0.15) is 0 Å². The van der Waals surface area contributed by atoms with Crippen molar-refractivity contribution in [3.63, 3.8) is 0 Å². The van der Waals surface area contributed by atoms with Gasteiger partial charge < -0.3 is 24.8 Å². The van der Waals surface area contributed by atoms with E-state index in [1.807, 2.05) is 6.08 Å². The molecule has 0 amide bonds. The van der Waals surface area contributed by atoms with Gasteiger partial charge in [-0.25, -0.2) is 0 Å². The Bertz CT molecular complexity index is 2160. The molecule has 0 aromatic heterocycles. The van der Waals surface area contributed by atoms with E-state index in [-0.39, 0.29) is 50.1 Å². The molecule has 0 N–H and O–H groups in total. The van der Waals surface area contributed by atoms with E-state index in [1.165, 1.54) is 34.4 Å². The minimum Gasteiger partial charge on any atom is -1.00 e. The van der Waals surface area contributed by atoms with E-state index in [4.69, 9.17) is 0 Å². The van der Waals surface area contributed by atoms with Crippen molar-refractivity contribution < 1.29 is 72.4 Å². The van der Waals surface area contributed by atoms with Crippen LogP contribution in [-0.4, -0.2) is 3.21 Å². The maximum absolute atomic E-state index is 14.5. The van der Waals surface area contributed by atoms with Crippen LogP contribution in [0, 0.1) is 0 Å². The van der Waals surface area contributed by atoms with E-state index in [1.54, 1.807) is 12.1 Å². The summed E-state index contributed by atoms with van der Waals surface area (Å²) in [7, 11) is 0. The van der Waals surface area contributed by atoms with Crippen LogP contribution in [-0.2, 0) is 55.3 Å². The molecule has 0 nitrogen and oxygen atoms in total. The molecule has 0 saturated carbocycles. The van der Waals surface area contributed by atoms with Gasteiger partial charge in [0.15, 0.2) is 0 Å². The summed E-state index contributed by atoms with van der Waals surface area (Å²) in [5.74, 6) is 0. The van der Waals surface area contributed by atoms with Gasteiger partial charge in [0, 0.05) is 0 Å². The SMILES string of the molecule is CC(C)(C)c1cc2c(cc1C(C)(C)C)[CH]([Zr+2]([C]1=CC=CC1)=[C](c1cccc(C(F)(F)F)c1)c1cccc(C(F)(F)F)c1)c1cc(C(C)(C)C)c(C(C)(C)C)cc1-2.[Cl-].[Cl-]. The molecule has 0 aliphatic heterocycles. The summed E-state index contributed by atoms with van der Waals surface area (Å²) < 4.78 is 88.4. The van der Waals surface area contributed by atoms with Crippen molar-refractivity contribution in [2.24, 2.45) is 0 Å². The molecule has 58 heavy (non-hydrogen) atoms. The largest absolute Gasteiger partial charge is 1.00 e. The molecule has 0 saturated heterocycles. The van der Waals surface area contributed by atoms with Crippen LogP contribution < -0.4 is 24.8 Å². The zero-order chi connectivity index (χ0) is 41.6. The molecular formula is C49H54Cl2F6Zr. The van der Waals surface area contributed by atoms with Crippen molar-refractivity contribution >= 4 is 3.21 Å². The molecule has 4 aromatic rings. The van der Waals surface area contributed by atoms with Gasteiger partial charge in [0.1, 0.15) is 0 Å². The summed E-state index contributed by atoms with van der Waals surface area (Å²) in [5, 5.41) is 0. The average Bonchev–Trinajstić information content (AvgIpc) is 3.70. The minimum absolute atomic E-state index is 0. The topological polar surface area (TPSA) is 0 Å². The first-order valence-electron chi connectivity index (χ1n) is 19.4. The monoisotopic (exact) mass is 916 g/mol. The first-order valence-corrected chi connectivity index (χ1v) is 23.3. The molecule has 9 heteroatoms. The van der Waals surface area contributed by atoms with Gasteiger partial charge >= 0.3 is 339 Å². The molecule has 4 aromatic carbocycles. The van der Waals surface area contributed by atoms with Gasteiger partial charge in [-0.1, -0.05) is 0 Å². The van der Waals surface area contributed by atoms with Crippen LogP contribution in [0.5, 0.6) is 0 Å². The number of rotatable bonds is 4. The van der Waals surface area contributed by atoms with Crippen molar-refractivity contribution in [1.29, 1.82) is 0 Å². The maximum Gasteiger partial charge on any atom is -1.00 e. The smallest absolute Gasteiger partial charge is 1.00 e. The van der Waals surface area contributed by atoms with Gasteiger partial charge in [-0.15, -0.1) is 0 Å². The van der Waals surface area contributed by atoms with Crippen LogP contribution in [0.25, 0.3) is 11.1 Å². The minimum atomic E-state index is -4.63. The Hall–Kier alpha value is -2.73. The first kappa shape index (κ1) is 47.9. The molecule has 0 heterocycles. The molecule has 2 aliphatic rings. The number of hydrogen-bond acceptors (Lipinski definition) is 0. The second-order valence-electron chi connectivity index (χ2n) is 19.7. The van der Waals surface area contributed by atoms with E-state index in [9.17, 15) is 26.3 Å². The zero-order valence-corrected chi connectivity index (χ0v) is 39.4. The van der Waals surface area contributed by atoms with E-state index in [0.29, 0.717) is 20.8 Å². The molecule has 0 spiro atoms. The second-order valence-corrected chi connectivity index (χ2v) is 25.9. The van der Waals surface area contributed by atoms with E-state index in [2.05, 4.69) is 120 Å². The quantitative estimate of drug-likeness (QED) is 0.180. The Labute approximate surface area is 361 Å². The fourth-order valence-electron chi connectivity index (χ4n) is 8.45. The molecular weight excluding hydrogens is 865 g/mol. The van der Waals surface area contributed by atoms with Gasteiger partial charge in [0.25, 0.3) is 0 Å². The number of alkyl halides is 6. The fraction of sp³-hybridized carbons (Fsp3) is 0.408. The molecule has 0 bridgehead atoms. The van der Waals surface area contributed by atoms with Crippen molar-refractivity contribution in [2.45, 2.75) is 127 Å². The summed E-state index contributed by atoms with van der Waals surface area (Å²) >= 11 is -3.73. The number of hydrogen-bond donors (Lipinski definition) is 0.